The van der Waals surface area contributed by atoms with E-state index < -0.39 is 11.6 Å². The summed E-state index contributed by atoms with van der Waals surface area (Å²) in [5.74, 6) is -0.394. The molecule has 0 aliphatic carbocycles. The molecule has 0 aliphatic rings. The van der Waals surface area contributed by atoms with Crippen LogP contribution < -0.4 is 9.47 Å². The summed E-state index contributed by atoms with van der Waals surface area (Å²) in [6.45, 7) is 0. The van der Waals surface area contributed by atoms with E-state index in [0.717, 1.165) is 11.6 Å². The van der Waals surface area contributed by atoms with Crippen molar-refractivity contribution in [3.05, 3.63) is 59.2 Å². The van der Waals surface area contributed by atoms with Crippen LogP contribution in [0.3, 0.4) is 0 Å². The largest absolute Gasteiger partial charge is 0.493 e. The molecule has 0 N–H and O–H groups in total. The van der Waals surface area contributed by atoms with E-state index in [1.807, 2.05) is 18.2 Å². The van der Waals surface area contributed by atoms with Crippen LogP contribution in [0.25, 0.3) is 0 Å². The van der Waals surface area contributed by atoms with E-state index in [0.29, 0.717) is 23.5 Å². The first-order valence-corrected chi connectivity index (χ1v) is 7.26. The lowest BCUT2D eigenvalue weighted by Gasteiger charge is -2.14. The third-order valence-electron chi connectivity index (χ3n) is 3.17. The van der Waals surface area contributed by atoms with Gasteiger partial charge in [-0.25, -0.2) is 8.78 Å². The Balaban J connectivity index is 2.19. The highest BCUT2D eigenvalue weighted by atomic mass is 79.9. The average Bonchev–Trinajstić information content (AvgIpc) is 2.50. The molecule has 2 aromatic carbocycles. The van der Waals surface area contributed by atoms with Gasteiger partial charge in [-0.3, -0.25) is 0 Å². The van der Waals surface area contributed by atoms with E-state index in [9.17, 15) is 8.78 Å². The molecule has 112 valence electrons. The van der Waals surface area contributed by atoms with Crippen LogP contribution in [0.5, 0.6) is 11.5 Å². The van der Waals surface area contributed by atoms with Crippen molar-refractivity contribution in [2.45, 2.75) is 11.2 Å². The van der Waals surface area contributed by atoms with Gasteiger partial charge in [-0.1, -0.05) is 28.1 Å². The minimum Gasteiger partial charge on any atom is -0.493 e. The monoisotopic (exact) mass is 356 g/mol. The predicted octanol–water partition coefficient (Wildman–Crippen LogP) is 4.66. The highest BCUT2D eigenvalue weighted by molar-refractivity contribution is 9.09. The molecule has 0 saturated carbocycles. The second-order valence-corrected chi connectivity index (χ2v) is 5.64. The quantitative estimate of drug-likeness (QED) is 0.725. The summed E-state index contributed by atoms with van der Waals surface area (Å²) in [5.41, 5.74) is 1.68. The second kappa shape index (κ2) is 6.89. The van der Waals surface area contributed by atoms with Crippen LogP contribution in [0.2, 0.25) is 0 Å². The molecule has 0 aromatic heterocycles. The van der Waals surface area contributed by atoms with Crippen LogP contribution in [-0.2, 0) is 6.42 Å². The average molecular weight is 357 g/mol. The third-order valence-corrected chi connectivity index (χ3v) is 4.02. The zero-order chi connectivity index (χ0) is 15.4. The Morgan fingerprint density at radius 2 is 1.67 bits per heavy atom. The number of alkyl halides is 1. The molecule has 5 heteroatoms. The van der Waals surface area contributed by atoms with Crippen LogP contribution in [0, 0.1) is 11.6 Å². The van der Waals surface area contributed by atoms with Gasteiger partial charge in [0.25, 0.3) is 0 Å². The fourth-order valence-electron chi connectivity index (χ4n) is 2.04. The number of hydrogen-bond acceptors (Lipinski definition) is 2. The first-order valence-electron chi connectivity index (χ1n) is 6.35. The Morgan fingerprint density at radius 3 is 2.29 bits per heavy atom. The molecular formula is C16H15BrF2O2. The zero-order valence-electron chi connectivity index (χ0n) is 11.7. The van der Waals surface area contributed by atoms with E-state index in [4.69, 9.17) is 9.47 Å². The number of hydrogen-bond donors (Lipinski definition) is 0. The van der Waals surface area contributed by atoms with Crippen molar-refractivity contribution in [3.63, 3.8) is 0 Å². The van der Waals surface area contributed by atoms with Gasteiger partial charge in [0.2, 0.25) is 0 Å². The second-order valence-electron chi connectivity index (χ2n) is 4.53. The van der Waals surface area contributed by atoms with E-state index in [2.05, 4.69) is 15.9 Å². The third kappa shape index (κ3) is 3.73. The molecule has 21 heavy (non-hydrogen) atoms. The molecule has 0 fully saturated rings. The number of halogens is 3. The molecule has 0 saturated heterocycles. The summed E-state index contributed by atoms with van der Waals surface area (Å²) in [5, 5.41) is 0. The van der Waals surface area contributed by atoms with Gasteiger partial charge in [0.1, 0.15) is 0 Å². The molecule has 0 spiro atoms. The van der Waals surface area contributed by atoms with E-state index in [-0.39, 0.29) is 4.83 Å². The lowest BCUT2D eigenvalue weighted by atomic mass is 10.0. The van der Waals surface area contributed by atoms with Gasteiger partial charge >= 0.3 is 0 Å². The minimum atomic E-state index is -0.837. The predicted molar refractivity (Wildman–Crippen MR) is 81.3 cm³/mol. The Morgan fingerprint density at radius 1 is 0.952 bits per heavy atom. The summed E-state index contributed by atoms with van der Waals surface area (Å²) in [6, 6.07) is 9.50. The summed E-state index contributed by atoms with van der Waals surface area (Å²) in [4.78, 5) is -0.0397. The molecule has 0 heterocycles. The van der Waals surface area contributed by atoms with Crippen molar-refractivity contribution in [1.82, 2.24) is 0 Å². The molecule has 0 bridgehead atoms. The van der Waals surface area contributed by atoms with Crippen molar-refractivity contribution >= 4 is 15.9 Å². The summed E-state index contributed by atoms with van der Waals surface area (Å²) < 4.78 is 36.6. The smallest absolute Gasteiger partial charge is 0.161 e. The van der Waals surface area contributed by atoms with Crippen molar-refractivity contribution in [1.29, 1.82) is 0 Å². The van der Waals surface area contributed by atoms with Crippen LogP contribution in [0.4, 0.5) is 8.78 Å². The number of ether oxygens (including phenoxy) is 2. The Labute approximate surface area is 130 Å². The SMILES string of the molecule is COc1ccc(C(Br)Cc2ccc(F)c(F)c2)cc1OC. The van der Waals surface area contributed by atoms with Crippen LogP contribution in [-0.4, -0.2) is 14.2 Å². The van der Waals surface area contributed by atoms with Crippen LogP contribution >= 0.6 is 15.9 Å². The van der Waals surface area contributed by atoms with Gasteiger partial charge in [-0.15, -0.1) is 0 Å². The standard InChI is InChI=1S/C16H15BrF2O2/c1-20-15-6-4-11(9-16(15)21-2)12(17)7-10-3-5-13(18)14(19)8-10/h3-6,8-9,12H,7H2,1-2H3. The molecule has 1 atom stereocenters. The van der Waals surface area contributed by atoms with Gasteiger partial charge in [-0.05, 0) is 41.8 Å². The Bertz CT molecular complexity index is 632. The van der Waals surface area contributed by atoms with Gasteiger partial charge in [0, 0.05) is 4.83 Å². The maximum Gasteiger partial charge on any atom is 0.161 e. The fraction of sp³-hybridized carbons (Fsp3) is 0.250. The van der Waals surface area contributed by atoms with Crippen molar-refractivity contribution in [2.75, 3.05) is 14.2 Å². The van der Waals surface area contributed by atoms with Gasteiger partial charge in [0.15, 0.2) is 23.1 Å². The highest BCUT2D eigenvalue weighted by Gasteiger charge is 2.13. The van der Waals surface area contributed by atoms with Crippen LogP contribution in [0.1, 0.15) is 16.0 Å². The Hall–Kier alpha value is -1.62. The van der Waals surface area contributed by atoms with Crippen molar-refractivity contribution < 1.29 is 18.3 Å². The molecule has 1 unspecified atom stereocenters. The Kier molecular flexibility index (Phi) is 5.17. The van der Waals surface area contributed by atoms with E-state index >= 15 is 0 Å². The fourth-order valence-corrected chi connectivity index (χ4v) is 2.70. The topological polar surface area (TPSA) is 18.5 Å². The van der Waals surface area contributed by atoms with Crippen LogP contribution in [0.15, 0.2) is 36.4 Å². The molecule has 2 rings (SSSR count). The highest BCUT2D eigenvalue weighted by Crippen LogP contribution is 2.34. The number of benzene rings is 2. The van der Waals surface area contributed by atoms with Gasteiger partial charge < -0.3 is 9.47 Å². The maximum atomic E-state index is 13.2. The lowest BCUT2D eigenvalue weighted by Crippen LogP contribution is -1.99. The summed E-state index contributed by atoms with van der Waals surface area (Å²) in [6.07, 6.45) is 0.534. The number of methoxy groups -OCH3 is 2. The zero-order valence-corrected chi connectivity index (χ0v) is 13.3. The minimum absolute atomic E-state index is 0.0397. The van der Waals surface area contributed by atoms with Gasteiger partial charge in [-0.2, -0.15) is 0 Å². The normalized spacial score (nSPS) is 12.0. The van der Waals surface area contributed by atoms with Gasteiger partial charge in [0.05, 0.1) is 14.2 Å². The molecule has 0 aliphatic heterocycles. The number of rotatable bonds is 5. The van der Waals surface area contributed by atoms with Crippen molar-refractivity contribution in [3.8, 4) is 11.5 Å². The van der Waals surface area contributed by atoms with Crippen molar-refractivity contribution in [2.24, 2.45) is 0 Å². The molecule has 0 radical (unpaired) electrons. The lowest BCUT2D eigenvalue weighted by molar-refractivity contribution is 0.354. The maximum absolute atomic E-state index is 13.2. The molecule has 2 aromatic rings. The molecule has 2 nitrogen and oxygen atoms in total. The molecular weight excluding hydrogens is 342 g/mol. The molecule has 0 amide bonds. The summed E-state index contributed by atoms with van der Waals surface area (Å²) >= 11 is 3.56. The van der Waals surface area contributed by atoms with E-state index in [1.54, 1.807) is 20.3 Å². The van der Waals surface area contributed by atoms with E-state index in [1.165, 1.54) is 6.07 Å². The first-order chi connectivity index (χ1) is 10.0. The summed E-state index contributed by atoms with van der Waals surface area (Å²) in [7, 11) is 3.14. The first kappa shape index (κ1) is 15.8.